The van der Waals surface area contributed by atoms with Gasteiger partial charge in [0.15, 0.2) is 0 Å². The van der Waals surface area contributed by atoms with Crippen molar-refractivity contribution in [2.24, 2.45) is 11.8 Å². The topological polar surface area (TPSA) is 37.8 Å². The number of aromatic nitrogens is 2. The minimum atomic E-state index is 0.329. The third-order valence-corrected chi connectivity index (χ3v) is 4.79. The molecule has 1 heterocycles. The van der Waals surface area contributed by atoms with Gasteiger partial charge in [-0.15, -0.1) is 0 Å². The molecular formula is C15H24ClN3. The summed E-state index contributed by atoms with van der Waals surface area (Å²) in [4.78, 5) is 8.50. The molecule has 1 aromatic heterocycles. The van der Waals surface area contributed by atoms with Crippen LogP contribution in [0.15, 0.2) is 6.33 Å². The van der Waals surface area contributed by atoms with Crippen molar-refractivity contribution in [3.63, 3.8) is 0 Å². The third kappa shape index (κ3) is 3.02. The summed E-state index contributed by atoms with van der Waals surface area (Å²) in [5.74, 6) is 2.77. The maximum absolute atomic E-state index is 6.21. The standard InChI is InChI=1S/C15H24ClN3/c1-5-11-6-7-12(10(11)4)19-15-13(9(2)3)14(16)17-8-18-15/h8-12H,5-7H2,1-4H3,(H,17,18,19). The van der Waals surface area contributed by atoms with Gasteiger partial charge in [-0.25, -0.2) is 9.97 Å². The highest BCUT2D eigenvalue weighted by atomic mass is 35.5. The molecule has 0 spiro atoms. The van der Waals surface area contributed by atoms with Crippen LogP contribution in [-0.2, 0) is 0 Å². The van der Waals surface area contributed by atoms with Gasteiger partial charge in [0.1, 0.15) is 17.3 Å². The van der Waals surface area contributed by atoms with Crippen LogP contribution in [0.5, 0.6) is 0 Å². The van der Waals surface area contributed by atoms with E-state index in [4.69, 9.17) is 11.6 Å². The van der Waals surface area contributed by atoms with Gasteiger partial charge < -0.3 is 5.32 Å². The molecule has 3 unspecified atom stereocenters. The van der Waals surface area contributed by atoms with Crippen molar-refractivity contribution in [1.82, 2.24) is 9.97 Å². The highest BCUT2D eigenvalue weighted by molar-refractivity contribution is 6.30. The van der Waals surface area contributed by atoms with Crippen molar-refractivity contribution in [2.45, 2.75) is 58.9 Å². The second-order valence-corrected chi connectivity index (χ2v) is 6.30. The molecule has 0 bridgehead atoms. The SMILES string of the molecule is CCC1CCC(Nc2ncnc(Cl)c2C(C)C)C1C. The maximum Gasteiger partial charge on any atom is 0.138 e. The van der Waals surface area contributed by atoms with E-state index in [1.165, 1.54) is 19.3 Å². The van der Waals surface area contributed by atoms with Gasteiger partial charge in [-0.3, -0.25) is 0 Å². The summed E-state index contributed by atoms with van der Waals surface area (Å²) in [6, 6.07) is 0.508. The number of anilines is 1. The smallest absolute Gasteiger partial charge is 0.138 e. The Hall–Kier alpha value is -0.830. The second-order valence-electron chi connectivity index (χ2n) is 5.94. The van der Waals surface area contributed by atoms with E-state index in [0.29, 0.717) is 23.0 Å². The Morgan fingerprint density at radius 1 is 1.37 bits per heavy atom. The zero-order chi connectivity index (χ0) is 14.0. The summed E-state index contributed by atoms with van der Waals surface area (Å²) in [5.41, 5.74) is 1.04. The zero-order valence-electron chi connectivity index (χ0n) is 12.3. The fourth-order valence-corrected chi connectivity index (χ4v) is 3.56. The van der Waals surface area contributed by atoms with Crippen LogP contribution in [0.1, 0.15) is 58.4 Å². The number of nitrogens with zero attached hydrogens (tertiary/aromatic N) is 2. The lowest BCUT2D eigenvalue weighted by Gasteiger charge is -2.23. The van der Waals surface area contributed by atoms with Gasteiger partial charge in [0.05, 0.1) is 0 Å². The van der Waals surface area contributed by atoms with Gasteiger partial charge >= 0.3 is 0 Å². The predicted octanol–water partition coefficient (Wildman–Crippen LogP) is 4.49. The largest absolute Gasteiger partial charge is 0.367 e. The van der Waals surface area contributed by atoms with Crippen molar-refractivity contribution < 1.29 is 0 Å². The van der Waals surface area contributed by atoms with E-state index < -0.39 is 0 Å². The fraction of sp³-hybridized carbons (Fsp3) is 0.733. The first kappa shape index (κ1) is 14.6. The minimum absolute atomic E-state index is 0.329. The molecule has 0 radical (unpaired) electrons. The number of nitrogens with one attached hydrogen (secondary N) is 1. The van der Waals surface area contributed by atoms with E-state index in [-0.39, 0.29) is 0 Å². The first-order valence-electron chi connectivity index (χ1n) is 7.31. The highest BCUT2D eigenvalue weighted by Crippen LogP contribution is 2.37. The number of halogens is 1. The lowest BCUT2D eigenvalue weighted by atomic mass is 9.93. The summed E-state index contributed by atoms with van der Waals surface area (Å²) in [6.07, 6.45) is 5.35. The third-order valence-electron chi connectivity index (χ3n) is 4.49. The van der Waals surface area contributed by atoms with Crippen molar-refractivity contribution in [3.8, 4) is 0 Å². The average Bonchev–Trinajstić information content (AvgIpc) is 2.70. The molecule has 1 aromatic rings. The van der Waals surface area contributed by atoms with E-state index in [1.807, 2.05) is 0 Å². The van der Waals surface area contributed by atoms with E-state index in [1.54, 1.807) is 6.33 Å². The van der Waals surface area contributed by atoms with Crippen LogP contribution < -0.4 is 5.32 Å². The van der Waals surface area contributed by atoms with Gasteiger partial charge in [-0.2, -0.15) is 0 Å². The van der Waals surface area contributed by atoms with Crippen molar-refractivity contribution >= 4 is 17.4 Å². The quantitative estimate of drug-likeness (QED) is 0.826. The minimum Gasteiger partial charge on any atom is -0.367 e. The molecule has 1 N–H and O–H groups in total. The second kappa shape index (κ2) is 6.08. The first-order valence-corrected chi connectivity index (χ1v) is 7.69. The summed E-state index contributed by atoms with van der Waals surface area (Å²) in [5, 5.41) is 4.18. The molecule has 0 aromatic carbocycles. The Morgan fingerprint density at radius 2 is 2.11 bits per heavy atom. The predicted molar refractivity (Wildman–Crippen MR) is 80.7 cm³/mol. The van der Waals surface area contributed by atoms with Gasteiger partial charge in [0.25, 0.3) is 0 Å². The molecule has 19 heavy (non-hydrogen) atoms. The molecule has 0 saturated heterocycles. The van der Waals surface area contributed by atoms with E-state index in [0.717, 1.165) is 17.3 Å². The molecular weight excluding hydrogens is 258 g/mol. The molecule has 0 aliphatic heterocycles. The van der Waals surface area contributed by atoms with Crippen molar-refractivity contribution in [3.05, 3.63) is 17.0 Å². The molecule has 1 saturated carbocycles. The molecule has 3 atom stereocenters. The van der Waals surface area contributed by atoms with Gasteiger partial charge in [-0.1, -0.05) is 45.7 Å². The molecule has 1 aliphatic carbocycles. The molecule has 1 aliphatic rings. The number of rotatable bonds is 4. The lowest BCUT2D eigenvalue weighted by molar-refractivity contribution is 0.391. The Labute approximate surface area is 121 Å². The first-order chi connectivity index (χ1) is 9.04. The van der Waals surface area contributed by atoms with Crippen LogP contribution in [0, 0.1) is 11.8 Å². The summed E-state index contributed by atoms with van der Waals surface area (Å²) < 4.78 is 0. The van der Waals surface area contributed by atoms with Crippen LogP contribution >= 0.6 is 11.6 Å². The maximum atomic E-state index is 6.21. The summed E-state index contributed by atoms with van der Waals surface area (Å²) in [6.45, 7) is 8.88. The van der Waals surface area contributed by atoms with Crippen molar-refractivity contribution in [2.75, 3.05) is 5.32 Å². The molecule has 4 heteroatoms. The van der Waals surface area contributed by atoms with Gasteiger partial charge in [-0.05, 0) is 30.6 Å². The summed E-state index contributed by atoms with van der Waals surface area (Å²) in [7, 11) is 0. The zero-order valence-corrected chi connectivity index (χ0v) is 13.0. The number of hydrogen-bond acceptors (Lipinski definition) is 3. The summed E-state index contributed by atoms with van der Waals surface area (Å²) >= 11 is 6.21. The Kier molecular flexibility index (Phi) is 4.67. The molecule has 2 rings (SSSR count). The van der Waals surface area contributed by atoms with Gasteiger partial charge in [0.2, 0.25) is 0 Å². The van der Waals surface area contributed by atoms with Crippen LogP contribution in [0.4, 0.5) is 5.82 Å². The fourth-order valence-electron chi connectivity index (χ4n) is 3.20. The van der Waals surface area contributed by atoms with Crippen LogP contribution in [0.25, 0.3) is 0 Å². The monoisotopic (exact) mass is 281 g/mol. The Balaban J connectivity index is 2.18. The molecule has 1 fully saturated rings. The Bertz CT molecular complexity index is 433. The van der Waals surface area contributed by atoms with E-state index >= 15 is 0 Å². The number of hydrogen-bond donors (Lipinski definition) is 1. The van der Waals surface area contributed by atoms with Crippen LogP contribution in [0.2, 0.25) is 5.15 Å². The molecule has 3 nitrogen and oxygen atoms in total. The van der Waals surface area contributed by atoms with Crippen LogP contribution in [-0.4, -0.2) is 16.0 Å². The van der Waals surface area contributed by atoms with Gasteiger partial charge in [0, 0.05) is 11.6 Å². The lowest BCUT2D eigenvalue weighted by Crippen LogP contribution is -2.26. The molecule has 0 amide bonds. The normalized spacial score (nSPS) is 26.9. The van der Waals surface area contributed by atoms with E-state index in [9.17, 15) is 0 Å². The molecule has 106 valence electrons. The van der Waals surface area contributed by atoms with E-state index in [2.05, 4.69) is 43.0 Å². The average molecular weight is 282 g/mol. The highest BCUT2D eigenvalue weighted by Gasteiger charge is 2.32. The van der Waals surface area contributed by atoms with Crippen molar-refractivity contribution in [1.29, 1.82) is 0 Å². The van der Waals surface area contributed by atoms with Crippen LogP contribution in [0.3, 0.4) is 0 Å². The Morgan fingerprint density at radius 3 is 2.68 bits per heavy atom.